The van der Waals surface area contributed by atoms with Gasteiger partial charge < -0.3 is 4.42 Å². The number of oxazole rings is 1. The van der Waals surface area contributed by atoms with Crippen LogP contribution >= 0.6 is 11.6 Å². The summed E-state index contributed by atoms with van der Waals surface area (Å²) in [5, 5.41) is 0. The van der Waals surface area contributed by atoms with E-state index in [1.54, 1.807) is 0 Å². The molecule has 0 atom stereocenters. The van der Waals surface area contributed by atoms with Crippen molar-refractivity contribution in [1.82, 2.24) is 4.98 Å². The maximum Gasteiger partial charge on any atom is 0.196 e. The van der Waals surface area contributed by atoms with E-state index >= 15 is 0 Å². The normalized spacial score (nSPS) is 10.7. The highest BCUT2D eigenvalue weighted by Crippen LogP contribution is 2.24. The van der Waals surface area contributed by atoms with E-state index in [1.165, 1.54) is 18.3 Å². The number of rotatable bonds is 3. The van der Waals surface area contributed by atoms with E-state index in [-0.39, 0.29) is 11.3 Å². The summed E-state index contributed by atoms with van der Waals surface area (Å²) in [4.78, 5) is 3.93. The molecule has 0 radical (unpaired) electrons. The lowest BCUT2D eigenvalue weighted by atomic mass is 10.2. The number of hydrogen-bond donors (Lipinski definition) is 0. The molecule has 1 heterocycles. The molecule has 0 bridgehead atoms. The zero-order chi connectivity index (χ0) is 11.5. The van der Waals surface area contributed by atoms with Crippen molar-refractivity contribution in [1.29, 1.82) is 0 Å². The Morgan fingerprint density at radius 3 is 2.81 bits per heavy atom. The van der Waals surface area contributed by atoms with Crippen LogP contribution in [0.4, 0.5) is 8.78 Å². The Labute approximate surface area is 95.9 Å². The Kier molecular flexibility index (Phi) is 3.19. The smallest absolute Gasteiger partial charge is 0.196 e. The van der Waals surface area contributed by atoms with Gasteiger partial charge in [-0.05, 0) is 12.1 Å². The van der Waals surface area contributed by atoms with Crippen LogP contribution in [0.1, 0.15) is 5.89 Å². The van der Waals surface area contributed by atoms with Gasteiger partial charge in [0, 0.05) is 18.4 Å². The molecule has 0 fully saturated rings. The molecule has 0 aliphatic heterocycles. The van der Waals surface area contributed by atoms with Crippen LogP contribution in [0.5, 0.6) is 0 Å². The Morgan fingerprint density at radius 2 is 2.12 bits per heavy atom. The first-order valence-corrected chi connectivity index (χ1v) is 5.20. The number of nitrogens with zero attached hydrogens (tertiary/aromatic N) is 1. The zero-order valence-electron chi connectivity index (χ0n) is 8.21. The molecule has 0 saturated carbocycles. The number of hydrogen-bond acceptors (Lipinski definition) is 2. The first kappa shape index (κ1) is 11.1. The Bertz CT molecular complexity index is 498. The van der Waals surface area contributed by atoms with Crippen LogP contribution in [-0.2, 0) is 6.42 Å². The van der Waals surface area contributed by atoms with Crippen LogP contribution in [0.25, 0.3) is 11.3 Å². The summed E-state index contributed by atoms with van der Waals surface area (Å²) in [7, 11) is 0. The van der Waals surface area contributed by atoms with E-state index in [4.69, 9.17) is 16.0 Å². The molecular weight excluding hydrogens is 236 g/mol. The molecule has 0 N–H and O–H groups in total. The first-order chi connectivity index (χ1) is 7.70. The van der Waals surface area contributed by atoms with Crippen LogP contribution in [0, 0.1) is 11.6 Å². The highest BCUT2D eigenvalue weighted by atomic mass is 35.5. The topological polar surface area (TPSA) is 26.0 Å². The molecule has 2 aromatic rings. The van der Waals surface area contributed by atoms with Crippen LogP contribution in [-0.4, -0.2) is 10.9 Å². The average molecular weight is 244 g/mol. The Balaban J connectivity index is 2.35. The second-order valence-electron chi connectivity index (χ2n) is 3.18. The Hall–Kier alpha value is -1.42. The van der Waals surface area contributed by atoms with Gasteiger partial charge in [0.25, 0.3) is 0 Å². The van der Waals surface area contributed by atoms with Crippen molar-refractivity contribution in [3.63, 3.8) is 0 Å². The molecular formula is C11H8ClF2NO. The molecule has 0 aliphatic carbocycles. The summed E-state index contributed by atoms with van der Waals surface area (Å²) in [5.41, 5.74) is 0.190. The van der Waals surface area contributed by atoms with Crippen LogP contribution < -0.4 is 0 Å². The minimum absolute atomic E-state index is 0.190. The lowest BCUT2D eigenvalue weighted by Gasteiger charge is -1.98. The maximum atomic E-state index is 13.4. The SMILES string of the molecule is Fc1ccc(-c2cnc(CCCl)o2)c(F)c1. The summed E-state index contributed by atoms with van der Waals surface area (Å²) in [6, 6.07) is 3.29. The predicted molar refractivity (Wildman–Crippen MR) is 56.3 cm³/mol. The molecule has 2 rings (SSSR count). The average Bonchev–Trinajstić information content (AvgIpc) is 2.67. The van der Waals surface area contributed by atoms with Crippen molar-refractivity contribution in [3.05, 3.63) is 41.9 Å². The van der Waals surface area contributed by atoms with Crippen LogP contribution in [0.15, 0.2) is 28.8 Å². The number of benzene rings is 1. The molecule has 0 saturated heterocycles. The van der Waals surface area contributed by atoms with Crippen molar-refractivity contribution >= 4 is 11.6 Å². The van der Waals surface area contributed by atoms with Gasteiger partial charge in [-0.2, -0.15) is 0 Å². The van der Waals surface area contributed by atoms with E-state index < -0.39 is 11.6 Å². The summed E-state index contributed by atoms with van der Waals surface area (Å²) in [6.07, 6.45) is 1.88. The molecule has 5 heteroatoms. The number of halogens is 3. The van der Waals surface area contributed by atoms with Gasteiger partial charge in [-0.3, -0.25) is 0 Å². The molecule has 1 aromatic heterocycles. The molecule has 2 nitrogen and oxygen atoms in total. The highest BCUT2D eigenvalue weighted by molar-refractivity contribution is 6.17. The minimum Gasteiger partial charge on any atom is -0.441 e. The van der Waals surface area contributed by atoms with E-state index in [9.17, 15) is 8.78 Å². The van der Waals surface area contributed by atoms with E-state index in [0.717, 1.165) is 6.07 Å². The lowest BCUT2D eigenvalue weighted by molar-refractivity contribution is 0.509. The summed E-state index contributed by atoms with van der Waals surface area (Å²) in [5.74, 6) is -0.201. The lowest BCUT2D eigenvalue weighted by Crippen LogP contribution is -1.85. The van der Waals surface area contributed by atoms with E-state index in [1.807, 2.05) is 0 Å². The summed E-state index contributed by atoms with van der Waals surface area (Å²) < 4.78 is 31.3. The fourth-order valence-electron chi connectivity index (χ4n) is 1.32. The third-order valence-corrected chi connectivity index (χ3v) is 2.25. The number of aryl methyl sites for hydroxylation is 1. The minimum atomic E-state index is -0.673. The first-order valence-electron chi connectivity index (χ1n) is 4.67. The molecule has 0 unspecified atom stereocenters. The van der Waals surface area contributed by atoms with Crippen molar-refractivity contribution < 1.29 is 13.2 Å². The fourth-order valence-corrected chi connectivity index (χ4v) is 1.48. The second kappa shape index (κ2) is 4.61. The number of aromatic nitrogens is 1. The van der Waals surface area contributed by atoms with Crippen molar-refractivity contribution in [3.8, 4) is 11.3 Å². The molecule has 1 aromatic carbocycles. The van der Waals surface area contributed by atoms with Gasteiger partial charge in [-0.1, -0.05) is 0 Å². The quantitative estimate of drug-likeness (QED) is 0.773. The van der Waals surface area contributed by atoms with Crippen molar-refractivity contribution in [2.24, 2.45) is 0 Å². The van der Waals surface area contributed by atoms with E-state index in [2.05, 4.69) is 4.98 Å². The van der Waals surface area contributed by atoms with Gasteiger partial charge in [0.2, 0.25) is 0 Å². The van der Waals surface area contributed by atoms with Gasteiger partial charge in [-0.15, -0.1) is 11.6 Å². The monoisotopic (exact) mass is 243 g/mol. The molecule has 0 spiro atoms. The van der Waals surface area contributed by atoms with Gasteiger partial charge >= 0.3 is 0 Å². The molecule has 84 valence electrons. The zero-order valence-corrected chi connectivity index (χ0v) is 8.97. The third kappa shape index (κ3) is 2.22. The summed E-state index contributed by atoms with van der Waals surface area (Å²) >= 11 is 5.52. The fraction of sp³-hybridized carbons (Fsp3) is 0.182. The van der Waals surface area contributed by atoms with Gasteiger partial charge in [0.05, 0.1) is 11.8 Å². The number of alkyl halides is 1. The third-order valence-electron chi connectivity index (χ3n) is 2.06. The molecule has 16 heavy (non-hydrogen) atoms. The van der Waals surface area contributed by atoms with Crippen molar-refractivity contribution in [2.45, 2.75) is 6.42 Å². The Morgan fingerprint density at radius 1 is 1.31 bits per heavy atom. The predicted octanol–water partition coefficient (Wildman–Crippen LogP) is 3.40. The molecule has 0 amide bonds. The van der Waals surface area contributed by atoms with E-state index in [0.29, 0.717) is 18.2 Å². The van der Waals surface area contributed by atoms with Gasteiger partial charge in [0.1, 0.15) is 11.6 Å². The largest absolute Gasteiger partial charge is 0.441 e. The maximum absolute atomic E-state index is 13.4. The summed E-state index contributed by atoms with van der Waals surface area (Å²) in [6.45, 7) is 0. The van der Waals surface area contributed by atoms with Gasteiger partial charge in [-0.25, -0.2) is 13.8 Å². The standard InChI is InChI=1S/C11H8ClF2NO/c12-4-3-11-15-6-10(16-11)8-2-1-7(13)5-9(8)14/h1-2,5-6H,3-4H2. The van der Waals surface area contributed by atoms with Crippen LogP contribution in [0.3, 0.4) is 0 Å². The van der Waals surface area contributed by atoms with Crippen LogP contribution in [0.2, 0.25) is 0 Å². The molecule has 0 aliphatic rings. The van der Waals surface area contributed by atoms with Crippen molar-refractivity contribution in [2.75, 3.05) is 5.88 Å². The highest BCUT2D eigenvalue weighted by Gasteiger charge is 2.11. The second-order valence-corrected chi connectivity index (χ2v) is 3.56. The van der Waals surface area contributed by atoms with Gasteiger partial charge in [0.15, 0.2) is 11.7 Å².